The van der Waals surface area contributed by atoms with Gasteiger partial charge in [-0.3, -0.25) is 0 Å². The van der Waals surface area contributed by atoms with Gasteiger partial charge in [0.2, 0.25) is 0 Å². The first kappa shape index (κ1) is 14.8. The van der Waals surface area contributed by atoms with Crippen molar-refractivity contribution in [3.8, 4) is 0 Å². The highest BCUT2D eigenvalue weighted by Gasteiger charge is 2.28. The molecule has 0 spiro atoms. The second kappa shape index (κ2) is 6.72. The van der Waals surface area contributed by atoms with Crippen LogP contribution in [0.5, 0.6) is 0 Å². The molecular weight excluding hydrogens is 328 g/mol. The van der Waals surface area contributed by atoms with Crippen LogP contribution in [0.3, 0.4) is 0 Å². The van der Waals surface area contributed by atoms with E-state index in [9.17, 15) is 4.79 Å². The average Bonchev–Trinajstić information content (AvgIpc) is 2.81. The molecular formula is C13H19BrN2O2S. The molecule has 0 aromatic carbocycles. The van der Waals surface area contributed by atoms with Crippen molar-refractivity contribution in [2.24, 2.45) is 0 Å². The standard InChI is InChI=1S/C13H19BrN2O2S/c1-9-7-10(18-2)5-6-16(9)13(17)15-8-11-3-4-12(14)19-11/h3-4,9-10H,5-8H2,1-2H3,(H,15,17)/t9-,10-/m0/s1. The van der Waals surface area contributed by atoms with Crippen LogP contribution in [0.25, 0.3) is 0 Å². The van der Waals surface area contributed by atoms with Crippen LogP contribution in [0.2, 0.25) is 0 Å². The van der Waals surface area contributed by atoms with Crippen LogP contribution >= 0.6 is 27.3 Å². The zero-order valence-corrected chi connectivity index (χ0v) is 13.6. The molecule has 1 aliphatic rings. The van der Waals surface area contributed by atoms with Gasteiger partial charge in [-0.25, -0.2) is 4.79 Å². The Hall–Kier alpha value is -0.590. The van der Waals surface area contributed by atoms with Crippen LogP contribution in [-0.2, 0) is 11.3 Å². The minimum atomic E-state index is 0.0200. The maximum atomic E-state index is 12.2. The van der Waals surface area contributed by atoms with Gasteiger partial charge in [-0.15, -0.1) is 11.3 Å². The fraction of sp³-hybridized carbons (Fsp3) is 0.615. The topological polar surface area (TPSA) is 41.6 Å². The van der Waals surface area contributed by atoms with Gasteiger partial charge in [0.25, 0.3) is 0 Å². The molecule has 1 aromatic heterocycles. The van der Waals surface area contributed by atoms with Gasteiger partial charge in [0.05, 0.1) is 16.4 Å². The van der Waals surface area contributed by atoms with Crippen LogP contribution in [0, 0.1) is 0 Å². The molecule has 106 valence electrons. The van der Waals surface area contributed by atoms with E-state index >= 15 is 0 Å². The number of nitrogens with zero attached hydrogens (tertiary/aromatic N) is 1. The van der Waals surface area contributed by atoms with Gasteiger partial charge in [-0.05, 0) is 47.8 Å². The molecule has 6 heteroatoms. The van der Waals surface area contributed by atoms with E-state index in [1.54, 1.807) is 18.4 Å². The number of likely N-dealkylation sites (tertiary alicyclic amines) is 1. The SMILES string of the molecule is CO[C@H]1CCN(C(=O)NCc2ccc(Br)s2)[C@@H](C)C1. The number of ether oxygens (including phenoxy) is 1. The fourth-order valence-electron chi connectivity index (χ4n) is 2.36. The molecule has 1 saturated heterocycles. The predicted octanol–water partition coefficient (Wildman–Crippen LogP) is 3.22. The van der Waals surface area contributed by atoms with E-state index < -0.39 is 0 Å². The van der Waals surface area contributed by atoms with Gasteiger partial charge in [-0.2, -0.15) is 0 Å². The third-order valence-corrected chi connectivity index (χ3v) is 5.09. The molecule has 0 radical (unpaired) electrons. The second-order valence-corrected chi connectivity index (χ2v) is 7.34. The molecule has 4 nitrogen and oxygen atoms in total. The normalized spacial score (nSPS) is 23.4. The van der Waals surface area contributed by atoms with Crippen LogP contribution in [-0.4, -0.2) is 36.7 Å². The first-order valence-electron chi connectivity index (χ1n) is 6.41. The summed E-state index contributed by atoms with van der Waals surface area (Å²) < 4.78 is 6.45. The lowest BCUT2D eigenvalue weighted by Gasteiger charge is -2.37. The molecule has 0 unspecified atom stereocenters. The number of halogens is 1. The van der Waals surface area contributed by atoms with Crippen LogP contribution in [0.1, 0.15) is 24.6 Å². The van der Waals surface area contributed by atoms with Gasteiger partial charge in [0.15, 0.2) is 0 Å². The summed E-state index contributed by atoms with van der Waals surface area (Å²) in [6, 6.07) is 4.27. The molecule has 2 amide bonds. The van der Waals surface area contributed by atoms with Crippen molar-refractivity contribution in [2.45, 2.75) is 38.5 Å². The summed E-state index contributed by atoms with van der Waals surface area (Å²) in [4.78, 5) is 15.2. The number of nitrogens with one attached hydrogen (secondary N) is 1. The Kier molecular flexibility index (Phi) is 5.24. The molecule has 1 aromatic rings. The van der Waals surface area contributed by atoms with Gasteiger partial charge in [-0.1, -0.05) is 0 Å². The predicted molar refractivity (Wildman–Crippen MR) is 80.5 cm³/mol. The first-order chi connectivity index (χ1) is 9.10. The Labute approximate surface area is 126 Å². The summed E-state index contributed by atoms with van der Waals surface area (Å²) in [6.07, 6.45) is 2.11. The van der Waals surface area contributed by atoms with Gasteiger partial charge in [0.1, 0.15) is 0 Å². The molecule has 1 fully saturated rings. The summed E-state index contributed by atoms with van der Waals surface area (Å²) in [6.45, 7) is 3.43. The molecule has 2 atom stereocenters. The van der Waals surface area contributed by atoms with E-state index in [1.165, 1.54) is 0 Å². The molecule has 2 rings (SSSR count). The number of hydrogen-bond donors (Lipinski definition) is 1. The average molecular weight is 347 g/mol. The lowest BCUT2D eigenvalue weighted by Crippen LogP contribution is -2.50. The number of methoxy groups -OCH3 is 1. The Morgan fingerprint density at radius 3 is 3.00 bits per heavy atom. The molecule has 0 aliphatic carbocycles. The lowest BCUT2D eigenvalue weighted by atomic mass is 10.0. The van der Waals surface area contributed by atoms with E-state index in [-0.39, 0.29) is 18.2 Å². The van der Waals surface area contributed by atoms with Gasteiger partial charge < -0.3 is 15.0 Å². The van der Waals surface area contributed by atoms with E-state index in [2.05, 4.69) is 28.2 Å². The minimum absolute atomic E-state index is 0.0200. The van der Waals surface area contributed by atoms with Crippen LogP contribution in [0.4, 0.5) is 4.79 Å². The van der Waals surface area contributed by atoms with Crippen molar-refractivity contribution >= 4 is 33.3 Å². The van der Waals surface area contributed by atoms with Crippen molar-refractivity contribution in [1.82, 2.24) is 10.2 Å². The largest absolute Gasteiger partial charge is 0.381 e. The number of thiophene rings is 1. The maximum Gasteiger partial charge on any atom is 0.317 e. The van der Waals surface area contributed by atoms with Crippen LogP contribution in [0.15, 0.2) is 15.9 Å². The molecule has 0 bridgehead atoms. The number of urea groups is 1. The number of amides is 2. The maximum absolute atomic E-state index is 12.2. The van der Waals surface area contributed by atoms with Crippen molar-refractivity contribution in [3.05, 3.63) is 20.8 Å². The second-order valence-electron chi connectivity index (χ2n) is 4.79. The van der Waals surface area contributed by atoms with E-state index in [4.69, 9.17) is 4.74 Å². The molecule has 1 N–H and O–H groups in total. The highest BCUT2D eigenvalue weighted by Crippen LogP contribution is 2.22. The monoisotopic (exact) mass is 346 g/mol. The Bertz CT molecular complexity index is 438. The fourth-order valence-corrected chi connectivity index (χ4v) is 3.78. The Morgan fingerprint density at radius 1 is 1.63 bits per heavy atom. The third-order valence-electron chi connectivity index (χ3n) is 3.46. The number of carbonyl (C=O) groups excluding carboxylic acids is 1. The van der Waals surface area contributed by atoms with E-state index in [0.29, 0.717) is 6.54 Å². The zero-order valence-electron chi connectivity index (χ0n) is 11.2. The molecule has 0 saturated carbocycles. The minimum Gasteiger partial charge on any atom is -0.381 e. The third kappa shape index (κ3) is 3.94. The first-order valence-corrected chi connectivity index (χ1v) is 8.02. The van der Waals surface area contributed by atoms with Gasteiger partial charge in [0, 0.05) is 24.6 Å². The zero-order chi connectivity index (χ0) is 13.8. The van der Waals surface area contributed by atoms with Crippen molar-refractivity contribution in [2.75, 3.05) is 13.7 Å². The van der Waals surface area contributed by atoms with Crippen molar-refractivity contribution < 1.29 is 9.53 Å². The highest BCUT2D eigenvalue weighted by atomic mass is 79.9. The van der Waals surface area contributed by atoms with Crippen LogP contribution < -0.4 is 5.32 Å². The van der Waals surface area contributed by atoms with E-state index in [0.717, 1.165) is 28.0 Å². The smallest absolute Gasteiger partial charge is 0.317 e. The summed E-state index contributed by atoms with van der Waals surface area (Å²) in [5.41, 5.74) is 0. The Morgan fingerprint density at radius 2 is 2.42 bits per heavy atom. The van der Waals surface area contributed by atoms with Gasteiger partial charge >= 0.3 is 6.03 Å². The summed E-state index contributed by atoms with van der Waals surface area (Å²) in [5, 5.41) is 2.98. The lowest BCUT2D eigenvalue weighted by molar-refractivity contribution is 0.0293. The number of carbonyl (C=O) groups is 1. The summed E-state index contributed by atoms with van der Waals surface area (Å²) in [7, 11) is 1.74. The number of rotatable bonds is 3. The molecule has 1 aliphatic heterocycles. The molecule has 2 heterocycles. The molecule has 19 heavy (non-hydrogen) atoms. The summed E-state index contributed by atoms with van der Waals surface area (Å²) >= 11 is 5.07. The van der Waals surface area contributed by atoms with Crippen molar-refractivity contribution in [3.63, 3.8) is 0 Å². The Balaban J connectivity index is 1.83. The van der Waals surface area contributed by atoms with E-state index in [1.807, 2.05) is 17.0 Å². The highest BCUT2D eigenvalue weighted by molar-refractivity contribution is 9.11. The summed E-state index contributed by atoms with van der Waals surface area (Å²) in [5.74, 6) is 0. The van der Waals surface area contributed by atoms with Crippen molar-refractivity contribution in [1.29, 1.82) is 0 Å². The quantitative estimate of drug-likeness (QED) is 0.912. The number of piperidine rings is 1. The number of hydrogen-bond acceptors (Lipinski definition) is 3.